The number of anilines is 1. The van der Waals surface area contributed by atoms with Crippen molar-refractivity contribution in [3.63, 3.8) is 0 Å². The number of nitrogens with zero attached hydrogens (tertiary/aromatic N) is 1. The first-order valence-electron chi connectivity index (χ1n) is 10.2. The Labute approximate surface area is 191 Å². The third-order valence-electron chi connectivity index (χ3n) is 4.87. The van der Waals surface area contributed by atoms with Crippen molar-refractivity contribution in [2.45, 2.75) is 31.5 Å². The van der Waals surface area contributed by atoms with Crippen LogP contribution in [0, 0.1) is 0 Å². The monoisotopic (exact) mass is 452 g/mol. The van der Waals surface area contributed by atoms with Gasteiger partial charge in [-0.25, -0.2) is 4.98 Å². The molecule has 0 spiro atoms. The highest BCUT2D eigenvalue weighted by molar-refractivity contribution is 6.30. The van der Waals surface area contributed by atoms with Crippen LogP contribution < -0.4 is 16.4 Å². The lowest BCUT2D eigenvalue weighted by Crippen LogP contribution is -2.51. The third-order valence-corrected chi connectivity index (χ3v) is 5.13. The first-order chi connectivity index (χ1) is 15.4. The van der Waals surface area contributed by atoms with Gasteiger partial charge >= 0.3 is 0 Å². The van der Waals surface area contributed by atoms with Crippen molar-refractivity contribution in [3.8, 4) is 0 Å². The first-order valence-corrected chi connectivity index (χ1v) is 10.5. The number of aliphatic hydroxyl groups is 1. The molecule has 0 aliphatic heterocycles. The molecule has 2 amide bonds. The van der Waals surface area contributed by atoms with Crippen molar-refractivity contribution in [3.05, 3.63) is 94.6 Å². The molecule has 0 aliphatic carbocycles. The number of benzene rings is 2. The van der Waals surface area contributed by atoms with Crippen LogP contribution in [0.1, 0.15) is 16.7 Å². The zero-order valence-electron chi connectivity index (χ0n) is 17.4. The Bertz CT molecular complexity index is 1030. The molecule has 0 aliphatic rings. The molecule has 0 bridgehead atoms. The fourth-order valence-electron chi connectivity index (χ4n) is 3.12. The lowest BCUT2D eigenvalue weighted by molar-refractivity contribution is -0.134. The van der Waals surface area contributed by atoms with E-state index in [1.54, 1.807) is 42.6 Å². The van der Waals surface area contributed by atoms with E-state index in [9.17, 15) is 14.7 Å². The van der Waals surface area contributed by atoms with Crippen LogP contribution in [0.2, 0.25) is 5.02 Å². The summed E-state index contributed by atoms with van der Waals surface area (Å²) in [7, 11) is 0. The number of aliphatic hydroxyl groups excluding tert-OH is 1. The smallest absolute Gasteiger partial charge is 0.249 e. The Morgan fingerprint density at radius 3 is 2.22 bits per heavy atom. The second-order valence-electron chi connectivity index (χ2n) is 7.41. The molecule has 2 aromatic carbocycles. The van der Waals surface area contributed by atoms with Gasteiger partial charge in [-0.2, -0.15) is 0 Å². The number of halogens is 1. The molecule has 32 heavy (non-hydrogen) atoms. The van der Waals surface area contributed by atoms with E-state index in [1.807, 2.05) is 30.3 Å². The lowest BCUT2D eigenvalue weighted by Gasteiger charge is -2.21. The predicted molar refractivity (Wildman–Crippen MR) is 124 cm³/mol. The topological polar surface area (TPSA) is 117 Å². The van der Waals surface area contributed by atoms with E-state index in [4.69, 9.17) is 17.3 Å². The zero-order valence-corrected chi connectivity index (χ0v) is 18.1. The van der Waals surface area contributed by atoms with Gasteiger partial charge in [0, 0.05) is 30.6 Å². The van der Waals surface area contributed by atoms with Crippen molar-refractivity contribution in [1.82, 2.24) is 15.6 Å². The molecule has 5 N–H and O–H groups in total. The van der Waals surface area contributed by atoms with Gasteiger partial charge in [-0.3, -0.25) is 9.59 Å². The molecular weight excluding hydrogens is 428 g/mol. The average Bonchev–Trinajstić information content (AvgIpc) is 2.80. The van der Waals surface area contributed by atoms with E-state index in [0.717, 1.165) is 16.7 Å². The molecule has 0 saturated carbocycles. The van der Waals surface area contributed by atoms with Crippen LogP contribution in [0.25, 0.3) is 0 Å². The van der Waals surface area contributed by atoms with Gasteiger partial charge in [-0.05, 0) is 34.9 Å². The summed E-state index contributed by atoms with van der Waals surface area (Å²) in [5, 5.41) is 16.4. The number of amides is 2. The maximum absolute atomic E-state index is 12.9. The number of pyridine rings is 1. The fraction of sp³-hybridized carbons (Fsp3) is 0.208. The number of nitrogen functional groups attached to an aromatic ring is 1. The van der Waals surface area contributed by atoms with Crippen LogP contribution in [0.3, 0.4) is 0 Å². The van der Waals surface area contributed by atoms with Gasteiger partial charge in [0.15, 0.2) is 0 Å². The first kappa shape index (κ1) is 23.2. The summed E-state index contributed by atoms with van der Waals surface area (Å²) >= 11 is 5.95. The molecule has 1 unspecified atom stereocenters. The molecule has 0 fully saturated rings. The second kappa shape index (κ2) is 11.3. The summed E-state index contributed by atoms with van der Waals surface area (Å²) in [5.41, 5.74) is 8.00. The van der Waals surface area contributed by atoms with E-state index in [0.29, 0.717) is 10.8 Å². The van der Waals surface area contributed by atoms with Crippen molar-refractivity contribution >= 4 is 29.2 Å². The number of aromatic nitrogens is 1. The van der Waals surface area contributed by atoms with E-state index < -0.39 is 18.1 Å². The number of hydrogen-bond acceptors (Lipinski definition) is 5. The standard InChI is InChI=1S/C24H25ClN4O3/c25-19-9-6-17(7-10-19)12-20(23(31)28-15-18-8-11-22(26)27-14-18)29-24(32)21(30)13-16-4-2-1-3-5-16/h1-11,14,20-21,30H,12-13,15H2,(H2,26,27)(H,28,31)(H,29,32)/t20-,21?/m0/s1. The van der Waals surface area contributed by atoms with Gasteiger partial charge in [-0.1, -0.05) is 60.1 Å². The van der Waals surface area contributed by atoms with Crippen molar-refractivity contribution < 1.29 is 14.7 Å². The quantitative estimate of drug-likeness (QED) is 0.397. The van der Waals surface area contributed by atoms with E-state index in [1.165, 1.54) is 0 Å². The molecule has 1 aromatic heterocycles. The average molecular weight is 453 g/mol. The number of carbonyl (C=O) groups excluding carboxylic acids is 2. The molecule has 3 rings (SSSR count). The summed E-state index contributed by atoms with van der Waals surface area (Å²) < 4.78 is 0. The van der Waals surface area contributed by atoms with Crippen molar-refractivity contribution in [1.29, 1.82) is 0 Å². The molecule has 0 saturated heterocycles. The predicted octanol–water partition coefficient (Wildman–Crippen LogP) is 2.26. The van der Waals surface area contributed by atoms with E-state index >= 15 is 0 Å². The third kappa shape index (κ3) is 7.08. The highest BCUT2D eigenvalue weighted by Gasteiger charge is 2.25. The summed E-state index contributed by atoms with van der Waals surface area (Å²) in [6.45, 7) is 0.228. The van der Waals surface area contributed by atoms with Crippen LogP contribution in [0.15, 0.2) is 72.9 Å². The minimum Gasteiger partial charge on any atom is -0.384 e. The Hall–Kier alpha value is -3.42. The minimum absolute atomic E-state index is 0.152. The molecule has 2 atom stereocenters. The Morgan fingerprint density at radius 1 is 0.906 bits per heavy atom. The molecule has 166 valence electrons. The SMILES string of the molecule is Nc1ccc(CNC(=O)[C@H](Cc2ccc(Cl)cc2)NC(=O)C(O)Cc2ccccc2)cn1. The normalized spacial score (nSPS) is 12.6. The highest BCUT2D eigenvalue weighted by Crippen LogP contribution is 2.12. The van der Waals surface area contributed by atoms with Gasteiger partial charge in [-0.15, -0.1) is 0 Å². The number of nitrogens with two attached hydrogens (primary N) is 1. The molecule has 1 heterocycles. The summed E-state index contributed by atoms with van der Waals surface area (Å²) in [6.07, 6.45) is 0.692. The van der Waals surface area contributed by atoms with Gasteiger partial charge in [0.2, 0.25) is 11.8 Å². The molecule has 3 aromatic rings. The van der Waals surface area contributed by atoms with Gasteiger partial charge in [0.1, 0.15) is 18.0 Å². The summed E-state index contributed by atoms with van der Waals surface area (Å²) in [5.74, 6) is -0.602. The maximum Gasteiger partial charge on any atom is 0.249 e. The fourth-order valence-corrected chi connectivity index (χ4v) is 3.24. The Kier molecular flexibility index (Phi) is 8.19. The number of carbonyl (C=O) groups is 2. The summed E-state index contributed by atoms with van der Waals surface area (Å²) in [4.78, 5) is 29.5. The Balaban J connectivity index is 1.67. The minimum atomic E-state index is -1.28. The van der Waals surface area contributed by atoms with Crippen molar-refractivity contribution in [2.75, 3.05) is 5.73 Å². The number of hydrogen-bond donors (Lipinski definition) is 4. The molecular formula is C24H25ClN4O3. The van der Waals surface area contributed by atoms with Crippen LogP contribution in [-0.4, -0.2) is 34.1 Å². The highest BCUT2D eigenvalue weighted by atomic mass is 35.5. The molecule has 8 heteroatoms. The van der Waals surface area contributed by atoms with Crippen molar-refractivity contribution in [2.24, 2.45) is 0 Å². The van der Waals surface area contributed by atoms with Gasteiger partial charge in [0.05, 0.1) is 0 Å². The van der Waals surface area contributed by atoms with Crippen LogP contribution in [-0.2, 0) is 29.0 Å². The van der Waals surface area contributed by atoms with Crippen LogP contribution in [0.4, 0.5) is 5.82 Å². The molecule has 7 nitrogen and oxygen atoms in total. The second-order valence-corrected chi connectivity index (χ2v) is 7.84. The lowest BCUT2D eigenvalue weighted by atomic mass is 10.0. The number of nitrogens with one attached hydrogen (secondary N) is 2. The Morgan fingerprint density at radius 2 is 1.56 bits per heavy atom. The maximum atomic E-state index is 12.9. The summed E-state index contributed by atoms with van der Waals surface area (Å²) in [6, 6.07) is 18.7. The number of rotatable bonds is 9. The largest absolute Gasteiger partial charge is 0.384 e. The zero-order chi connectivity index (χ0) is 22.9. The van der Waals surface area contributed by atoms with E-state index in [-0.39, 0.29) is 25.3 Å². The van der Waals surface area contributed by atoms with Gasteiger partial charge in [0.25, 0.3) is 0 Å². The van der Waals surface area contributed by atoms with Crippen LogP contribution >= 0.6 is 11.6 Å². The van der Waals surface area contributed by atoms with E-state index in [2.05, 4.69) is 15.6 Å². The van der Waals surface area contributed by atoms with Crippen LogP contribution in [0.5, 0.6) is 0 Å². The molecule has 0 radical (unpaired) electrons. The van der Waals surface area contributed by atoms with Gasteiger partial charge < -0.3 is 21.5 Å².